The molecule has 0 saturated carbocycles. The standard InChI is InChI=1S/C22H25NO4/c1-15-12-19(22(25)26)14-23(13-15)21(24)18-8-10-20(11-9-18)27-16(2)17-6-4-3-5-7-17/h3-11,15-16,19H,12-14H2,1-2H3,(H,25,26). The zero-order chi connectivity index (χ0) is 19.4. The Kier molecular flexibility index (Phi) is 5.79. The van der Waals surface area contributed by atoms with Gasteiger partial charge in [0.15, 0.2) is 0 Å². The van der Waals surface area contributed by atoms with Crippen LogP contribution >= 0.6 is 0 Å². The molecule has 142 valence electrons. The zero-order valence-corrected chi connectivity index (χ0v) is 15.7. The van der Waals surface area contributed by atoms with Crippen molar-refractivity contribution in [3.63, 3.8) is 0 Å². The Morgan fingerprint density at radius 3 is 2.37 bits per heavy atom. The van der Waals surface area contributed by atoms with Crippen molar-refractivity contribution >= 4 is 11.9 Å². The third-order valence-electron chi connectivity index (χ3n) is 4.98. The largest absolute Gasteiger partial charge is 0.486 e. The molecule has 1 aliphatic heterocycles. The van der Waals surface area contributed by atoms with Crippen LogP contribution in [0.1, 0.15) is 42.3 Å². The van der Waals surface area contributed by atoms with Gasteiger partial charge in [-0.25, -0.2) is 0 Å². The second-order valence-electron chi connectivity index (χ2n) is 7.28. The second-order valence-corrected chi connectivity index (χ2v) is 7.28. The molecule has 2 aromatic carbocycles. The first-order chi connectivity index (χ1) is 12.9. The monoisotopic (exact) mass is 367 g/mol. The van der Waals surface area contributed by atoms with Gasteiger partial charge in [-0.1, -0.05) is 37.3 Å². The Bertz CT molecular complexity index is 788. The van der Waals surface area contributed by atoms with Crippen LogP contribution in [0, 0.1) is 11.8 Å². The van der Waals surface area contributed by atoms with E-state index in [9.17, 15) is 14.7 Å². The van der Waals surface area contributed by atoms with E-state index >= 15 is 0 Å². The molecule has 3 atom stereocenters. The van der Waals surface area contributed by atoms with Crippen LogP contribution in [0.5, 0.6) is 5.75 Å². The Morgan fingerprint density at radius 2 is 1.74 bits per heavy atom. The first-order valence-electron chi connectivity index (χ1n) is 9.27. The molecule has 0 aromatic heterocycles. The van der Waals surface area contributed by atoms with E-state index in [-0.39, 0.29) is 24.5 Å². The molecule has 0 spiro atoms. The number of ether oxygens (including phenoxy) is 1. The summed E-state index contributed by atoms with van der Waals surface area (Å²) in [7, 11) is 0. The number of carboxylic acids is 1. The van der Waals surface area contributed by atoms with Crippen LogP contribution in [-0.2, 0) is 4.79 Å². The minimum absolute atomic E-state index is 0.0907. The maximum atomic E-state index is 12.8. The van der Waals surface area contributed by atoms with E-state index in [4.69, 9.17) is 4.74 Å². The molecule has 1 fully saturated rings. The molecule has 1 heterocycles. The molecular formula is C22H25NO4. The maximum absolute atomic E-state index is 12.8. The molecule has 2 aromatic rings. The van der Waals surface area contributed by atoms with E-state index < -0.39 is 11.9 Å². The number of nitrogens with zero attached hydrogens (tertiary/aromatic N) is 1. The molecule has 1 amide bonds. The highest BCUT2D eigenvalue weighted by Crippen LogP contribution is 2.25. The third kappa shape index (κ3) is 4.67. The van der Waals surface area contributed by atoms with Crippen LogP contribution in [-0.4, -0.2) is 35.0 Å². The van der Waals surface area contributed by atoms with Gasteiger partial charge in [0, 0.05) is 18.7 Å². The predicted octanol–water partition coefficient (Wildman–Crippen LogP) is 4.01. The van der Waals surface area contributed by atoms with Crippen molar-refractivity contribution in [3.05, 3.63) is 65.7 Å². The lowest BCUT2D eigenvalue weighted by molar-refractivity contribution is -0.143. The van der Waals surface area contributed by atoms with Crippen molar-refractivity contribution in [1.82, 2.24) is 4.90 Å². The van der Waals surface area contributed by atoms with Crippen molar-refractivity contribution in [1.29, 1.82) is 0 Å². The molecule has 5 heteroatoms. The summed E-state index contributed by atoms with van der Waals surface area (Å²) in [4.78, 5) is 25.7. The fourth-order valence-electron chi connectivity index (χ4n) is 3.55. The van der Waals surface area contributed by atoms with E-state index in [0.717, 1.165) is 5.56 Å². The number of aliphatic carboxylic acids is 1. The van der Waals surface area contributed by atoms with Crippen LogP contribution in [0.3, 0.4) is 0 Å². The lowest BCUT2D eigenvalue weighted by Crippen LogP contribution is -2.45. The van der Waals surface area contributed by atoms with Crippen LogP contribution < -0.4 is 4.74 Å². The number of benzene rings is 2. The Morgan fingerprint density at radius 1 is 1.07 bits per heavy atom. The minimum atomic E-state index is -0.835. The summed E-state index contributed by atoms with van der Waals surface area (Å²) in [6.45, 7) is 4.82. The molecule has 1 aliphatic rings. The number of hydrogen-bond donors (Lipinski definition) is 1. The summed E-state index contributed by atoms with van der Waals surface area (Å²) < 4.78 is 5.94. The van der Waals surface area contributed by atoms with Crippen molar-refractivity contribution in [2.45, 2.75) is 26.4 Å². The lowest BCUT2D eigenvalue weighted by Gasteiger charge is -2.34. The number of amides is 1. The van der Waals surface area contributed by atoms with Crippen molar-refractivity contribution in [2.24, 2.45) is 11.8 Å². The van der Waals surface area contributed by atoms with Gasteiger partial charge in [-0.2, -0.15) is 0 Å². The van der Waals surface area contributed by atoms with E-state index in [1.807, 2.05) is 44.2 Å². The summed E-state index contributed by atoms with van der Waals surface area (Å²) in [6, 6.07) is 17.0. The first-order valence-corrected chi connectivity index (χ1v) is 9.27. The summed E-state index contributed by atoms with van der Waals surface area (Å²) in [5.74, 6) is -0.586. The third-order valence-corrected chi connectivity index (χ3v) is 4.98. The van der Waals surface area contributed by atoms with Gasteiger partial charge in [0.05, 0.1) is 5.92 Å². The fraction of sp³-hybridized carbons (Fsp3) is 0.364. The number of carbonyl (C=O) groups excluding carboxylic acids is 1. The topological polar surface area (TPSA) is 66.8 Å². The van der Waals surface area contributed by atoms with E-state index in [0.29, 0.717) is 24.3 Å². The molecule has 1 saturated heterocycles. The number of rotatable bonds is 5. The average molecular weight is 367 g/mol. The van der Waals surface area contributed by atoms with Gasteiger partial charge in [-0.05, 0) is 49.1 Å². The molecular weight excluding hydrogens is 342 g/mol. The number of piperidine rings is 1. The molecule has 0 aliphatic carbocycles. The average Bonchev–Trinajstić information content (AvgIpc) is 2.68. The fourth-order valence-corrected chi connectivity index (χ4v) is 3.55. The van der Waals surface area contributed by atoms with Gasteiger partial charge in [0.2, 0.25) is 0 Å². The summed E-state index contributed by atoms with van der Waals surface area (Å²) in [5.41, 5.74) is 1.63. The van der Waals surface area contributed by atoms with Crippen LogP contribution in [0.15, 0.2) is 54.6 Å². The van der Waals surface area contributed by atoms with Crippen LogP contribution in [0.2, 0.25) is 0 Å². The summed E-state index contributed by atoms with van der Waals surface area (Å²) in [5, 5.41) is 9.29. The summed E-state index contributed by atoms with van der Waals surface area (Å²) in [6.07, 6.45) is 0.524. The number of carbonyl (C=O) groups is 2. The highest BCUT2D eigenvalue weighted by molar-refractivity contribution is 5.94. The quantitative estimate of drug-likeness (QED) is 0.867. The predicted molar refractivity (Wildman–Crippen MR) is 103 cm³/mol. The number of carboxylic acid groups (broad SMARTS) is 1. The first kappa shape index (κ1) is 19.0. The van der Waals surface area contributed by atoms with E-state index in [1.54, 1.807) is 29.2 Å². The minimum Gasteiger partial charge on any atom is -0.486 e. The molecule has 3 unspecified atom stereocenters. The van der Waals surface area contributed by atoms with Crippen LogP contribution in [0.25, 0.3) is 0 Å². The Balaban J connectivity index is 1.66. The van der Waals surface area contributed by atoms with Crippen molar-refractivity contribution < 1.29 is 19.4 Å². The zero-order valence-electron chi connectivity index (χ0n) is 15.7. The van der Waals surface area contributed by atoms with Crippen LogP contribution in [0.4, 0.5) is 0 Å². The molecule has 0 radical (unpaired) electrons. The maximum Gasteiger partial charge on any atom is 0.308 e. The van der Waals surface area contributed by atoms with Gasteiger partial charge in [0.1, 0.15) is 11.9 Å². The molecule has 3 rings (SSSR count). The highest BCUT2D eigenvalue weighted by Gasteiger charge is 2.32. The smallest absolute Gasteiger partial charge is 0.308 e. The number of likely N-dealkylation sites (tertiary alicyclic amines) is 1. The molecule has 5 nitrogen and oxygen atoms in total. The Labute approximate surface area is 159 Å². The molecule has 27 heavy (non-hydrogen) atoms. The van der Waals surface area contributed by atoms with Gasteiger partial charge in [-0.3, -0.25) is 9.59 Å². The van der Waals surface area contributed by atoms with E-state index in [2.05, 4.69) is 0 Å². The van der Waals surface area contributed by atoms with Gasteiger partial charge < -0.3 is 14.7 Å². The Hall–Kier alpha value is -2.82. The normalized spacial score (nSPS) is 20.7. The second kappa shape index (κ2) is 8.25. The van der Waals surface area contributed by atoms with Crippen molar-refractivity contribution in [3.8, 4) is 5.75 Å². The van der Waals surface area contributed by atoms with E-state index in [1.165, 1.54) is 0 Å². The molecule has 1 N–H and O–H groups in total. The number of hydrogen-bond acceptors (Lipinski definition) is 3. The van der Waals surface area contributed by atoms with Crippen molar-refractivity contribution in [2.75, 3.05) is 13.1 Å². The van der Waals surface area contributed by atoms with Gasteiger partial charge >= 0.3 is 5.97 Å². The van der Waals surface area contributed by atoms with Gasteiger partial charge in [-0.15, -0.1) is 0 Å². The lowest BCUT2D eigenvalue weighted by atomic mass is 9.90. The molecule has 0 bridgehead atoms. The van der Waals surface area contributed by atoms with Gasteiger partial charge in [0.25, 0.3) is 5.91 Å². The summed E-state index contributed by atoms with van der Waals surface area (Å²) >= 11 is 0. The highest BCUT2D eigenvalue weighted by atomic mass is 16.5. The SMILES string of the molecule is CC1CC(C(=O)O)CN(C(=O)c2ccc(OC(C)c3ccccc3)cc2)C1.